The number of nitrogens with one attached hydrogen (secondary N) is 1. The molecule has 0 aromatic carbocycles. The van der Waals surface area contributed by atoms with Gasteiger partial charge in [-0.15, -0.1) is 0 Å². The van der Waals surface area contributed by atoms with Crippen molar-refractivity contribution in [2.45, 2.75) is 32.9 Å². The summed E-state index contributed by atoms with van der Waals surface area (Å²) in [5.74, 6) is 3.03. The smallest absolute Gasteiger partial charge is 0.269 e. The molecule has 10 heteroatoms. The maximum atomic E-state index is 12.9. The SMILES string of the molecule is CCOc1nc(N2CCC(B(C)C#N)C2)ncc1C(=O)Nc1ccc2nc(C)cn2c1. The van der Waals surface area contributed by atoms with Gasteiger partial charge in [0.2, 0.25) is 11.8 Å². The van der Waals surface area contributed by atoms with Gasteiger partial charge in [-0.1, -0.05) is 6.82 Å². The molecule has 0 radical (unpaired) electrons. The molecule has 0 aliphatic carbocycles. The first-order valence-electron chi connectivity index (χ1n) is 10.4. The highest BCUT2D eigenvalue weighted by Gasteiger charge is 2.31. The highest BCUT2D eigenvalue weighted by atomic mass is 16.5. The number of rotatable bonds is 6. The third kappa shape index (κ3) is 4.31. The van der Waals surface area contributed by atoms with Crippen LogP contribution in [0.4, 0.5) is 11.6 Å². The number of aromatic nitrogens is 4. The van der Waals surface area contributed by atoms with Gasteiger partial charge >= 0.3 is 0 Å². The molecule has 0 saturated carbocycles. The number of fused-ring (bicyclic) bond motifs is 1. The van der Waals surface area contributed by atoms with Crippen molar-refractivity contribution in [2.75, 3.05) is 29.9 Å². The lowest BCUT2D eigenvalue weighted by Gasteiger charge is -2.18. The van der Waals surface area contributed by atoms with Crippen molar-refractivity contribution < 1.29 is 9.53 Å². The molecule has 3 aromatic rings. The number of anilines is 2. The molecule has 1 N–H and O–H groups in total. The molecule has 3 aromatic heterocycles. The van der Waals surface area contributed by atoms with E-state index in [1.165, 1.54) is 6.20 Å². The van der Waals surface area contributed by atoms with Gasteiger partial charge < -0.3 is 19.4 Å². The molecule has 158 valence electrons. The fourth-order valence-corrected chi connectivity index (χ4v) is 3.79. The van der Waals surface area contributed by atoms with Crippen LogP contribution in [0.15, 0.2) is 30.7 Å². The Morgan fingerprint density at radius 3 is 3.00 bits per heavy atom. The van der Waals surface area contributed by atoms with E-state index in [9.17, 15) is 10.1 Å². The maximum Gasteiger partial charge on any atom is 0.269 e. The fourth-order valence-electron chi connectivity index (χ4n) is 3.79. The van der Waals surface area contributed by atoms with E-state index >= 15 is 0 Å². The summed E-state index contributed by atoms with van der Waals surface area (Å²) in [5, 5.41) is 12.1. The van der Waals surface area contributed by atoms with E-state index in [1.54, 1.807) is 6.07 Å². The van der Waals surface area contributed by atoms with Crippen molar-refractivity contribution >= 4 is 29.9 Å². The summed E-state index contributed by atoms with van der Waals surface area (Å²) in [6.45, 7) is 7.56. The normalized spacial score (nSPS) is 15.7. The number of nitrogens with zero attached hydrogens (tertiary/aromatic N) is 6. The second-order valence-corrected chi connectivity index (χ2v) is 7.75. The number of hydrogen-bond donors (Lipinski definition) is 1. The second-order valence-electron chi connectivity index (χ2n) is 7.75. The van der Waals surface area contributed by atoms with Gasteiger partial charge in [-0.3, -0.25) is 4.79 Å². The molecule has 4 rings (SSSR count). The molecule has 1 atom stereocenters. The molecule has 1 aliphatic heterocycles. The summed E-state index contributed by atoms with van der Waals surface area (Å²) >= 11 is 0. The third-order valence-electron chi connectivity index (χ3n) is 5.51. The lowest BCUT2D eigenvalue weighted by Crippen LogP contribution is -2.25. The summed E-state index contributed by atoms with van der Waals surface area (Å²) in [5.41, 5.74) is 2.62. The highest BCUT2D eigenvalue weighted by molar-refractivity contribution is 6.67. The second kappa shape index (κ2) is 8.64. The zero-order chi connectivity index (χ0) is 22.0. The van der Waals surface area contributed by atoms with E-state index < -0.39 is 0 Å². The van der Waals surface area contributed by atoms with Gasteiger partial charge in [0.15, 0.2) is 0 Å². The molecule has 1 unspecified atom stereocenters. The van der Waals surface area contributed by atoms with Crippen LogP contribution in [-0.2, 0) is 0 Å². The third-order valence-corrected chi connectivity index (χ3v) is 5.51. The summed E-state index contributed by atoms with van der Waals surface area (Å²) in [7, 11) is 0. The van der Waals surface area contributed by atoms with Crippen LogP contribution in [-0.4, -0.2) is 51.7 Å². The number of ether oxygens (including phenoxy) is 1. The lowest BCUT2D eigenvalue weighted by molar-refractivity contribution is 0.102. The van der Waals surface area contributed by atoms with Crippen molar-refractivity contribution in [3.05, 3.63) is 42.0 Å². The van der Waals surface area contributed by atoms with E-state index in [0.29, 0.717) is 18.2 Å². The van der Waals surface area contributed by atoms with Gasteiger partial charge in [0.25, 0.3) is 12.6 Å². The topological polar surface area (TPSA) is 108 Å². The first-order valence-corrected chi connectivity index (χ1v) is 10.4. The number of aryl methyl sites for hydroxylation is 1. The van der Waals surface area contributed by atoms with Crippen molar-refractivity contribution in [1.29, 1.82) is 5.26 Å². The van der Waals surface area contributed by atoms with Crippen LogP contribution in [0.3, 0.4) is 0 Å². The molecule has 4 heterocycles. The minimum Gasteiger partial charge on any atom is -0.477 e. The van der Waals surface area contributed by atoms with Crippen molar-refractivity contribution in [3.63, 3.8) is 0 Å². The van der Waals surface area contributed by atoms with Gasteiger partial charge in [-0.2, -0.15) is 4.98 Å². The molecule has 1 amide bonds. The largest absolute Gasteiger partial charge is 0.477 e. The molecule has 0 bridgehead atoms. The summed E-state index contributed by atoms with van der Waals surface area (Å²) in [6.07, 6.45) is 6.12. The van der Waals surface area contributed by atoms with E-state index in [4.69, 9.17) is 4.74 Å². The predicted molar refractivity (Wildman–Crippen MR) is 119 cm³/mol. The number of hydrogen-bond acceptors (Lipinski definition) is 7. The summed E-state index contributed by atoms with van der Waals surface area (Å²) < 4.78 is 7.52. The van der Waals surface area contributed by atoms with E-state index in [2.05, 4.69) is 26.2 Å². The minimum absolute atomic E-state index is 0.0157. The first-order chi connectivity index (χ1) is 15.0. The summed E-state index contributed by atoms with van der Waals surface area (Å²) in [4.78, 5) is 28.3. The van der Waals surface area contributed by atoms with Crippen LogP contribution in [0.5, 0.6) is 5.88 Å². The summed E-state index contributed by atoms with van der Waals surface area (Å²) in [6, 6.07) is 3.65. The molecule has 31 heavy (non-hydrogen) atoms. The standard InChI is InChI=1S/C21H24BN7O2/c1-4-31-20-17(9-24-21(27-20)28-8-7-15(11-28)22(3)13-23)19(30)26-16-5-6-18-25-14(2)10-29(18)12-16/h5-6,9-10,12,15H,4,7-8,11H2,1-3H3,(H,26,30). The maximum absolute atomic E-state index is 12.9. The van der Waals surface area contributed by atoms with Crippen LogP contribution >= 0.6 is 0 Å². The quantitative estimate of drug-likeness (QED) is 0.615. The molecular weight excluding hydrogens is 393 g/mol. The zero-order valence-electron chi connectivity index (χ0n) is 17.9. The van der Waals surface area contributed by atoms with Gasteiger partial charge in [-0.25, -0.2) is 15.2 Å². The van der Waals surface area contributed by atoms with Crippen LogP contribution < -0.4 is 15.0 Å². The van der Waals surface area contributed by atoms with Crippen molar-refractivity contribution in [3.8, 4) is 11.8 Å². The Morgan fingerprint density at radius 1 is 1.39 bits per heavy atom. The average molecular weight is 417 g/mol. The Kier molecular flexibility index (Phi) is 5.76. The molecule has 9 nitrogen and oxygen atoms in total. The Balaban J connectivity index is 1.54. The molecule has 1 saturated heterocycles. The zero-order valence-corrected chi connectivity index (χ0v) is 17.9. The fraction of sp³-hybridized carbons (Fsp3) is 0.381. The van der Waals surface area contributed by atoms with Crippen LogP contribution in [0, 0.1) is 18.2 Å². The molecule has 0 spiro atoms. The van der Waals surface area contributed by atoms with E-state index in [-0.39, 0.29) is 29.9 Å². The van der Waals surface area contributed by atoms with Crippen LogP contribution in [0.2, 0.25) is 12.6 Å². The van der Waals surface area contributed by atoms with E-state index in [1.807, 2.05) is 48.4 Å². The van der Waals surface area contributed by atoms with Gasteiger partial charge in [-0.05, 0) is 38.2 Å². The number of carbonyl (C=O) groups excluding carboxylic acids is 1. The van der Waals surface area contributed by atoms with Crippen molar-refractivity contribution in [2.24, 2.45) is 0 Å². The van der Waals surface area contributed by atoms with Crippen LogP contribution in [0.25, 0.3) is 5.65 Å². The number of carbonyl (C=O) groups is 1. The Hall–Kier alpha value is -3.61. The Labute approximate surface area is 181 Å². The Morgan fingerprint density at radius 2 is 2.23 bits per heavy atom. The predicted octanol–water partition coefficient (Wildman–Crippen LogP) is 2.85. The van der Waals surface area contributed by atoms with Gasteiger partial charge in [0.1, 0.15) is 11.2 Å². The number of nitriles is 1. The number of amides is 1. The van der Waals surface area contributed by atoms with Gasteiger partial charge in [0, 0.05) is 37.6 Å². The Bertz CT molecular complexity index is 1160. The highest BCUT2D eigenvalue weighted by Crippen LogP contribution is 2.29. The number of pyridine rings is 1. The molecule has 1 fully saturated rings. The van der Waals surface area contributed by atoms with E-state index in [0.717, 1.165) is 30.9 Å². The first kappa shape index (κ1) is 20.7. The monoisotopic (exact) mass is 417 g/mol. The molecular formula is C21H24BN7O2. The van der Waals surface area contributed by atoms with Crippen molar-refractivity contribution in [1.82, 2.24) is 19.4 Å². The van der Waals surface area contributed by atoms with Gasteiger partial charge in [0.05, 0.1) is 18.0 Å². The minimum atomic E-state index is -0.344. The van der Waals surface area contributed by atoms with Crippen LogP contribution in [0.1, 0.15) is 29.4 Å². The number of imidazole rings is 1. The molecule has 1 aliphatic rings. The lowest BCUT2D eigenvalue weighted by atomic mass is 9.44. The average Bonchev–Trinajstić information content (AvgIpc) is 3.39.